The summed E-state index contributed by atoms with van der Waals surface area (Å²) in [6.07, 6.45) is -4.47. The summed E-state index contributed by atoms with van der Waals surface area (Å²) in [5.74, 6) is -1.85. The Morgan fingerprint density at radius 1 is 1.21 bits per heavy atom. The summed E-state index contributed by atoms with van der Waals surface area (Å²) in [6.45, 7) is -2.00. The highest BCUT2D eigenvalue weighted by atomic mass is 19.4. The standard InChI is InChI=1S/C11H10F3NO4/c12-11(13,14)6-15-9(16)5-19-8-3-1-7(2-4-8)10(17)18/h1-4H,5-6H2,(H,15,16)(H,17,18). The SMILES string of the molecule is O=C(COc1ccc(C(=O)O)cc1)NCC(F)(F)F. The largest absolute Gasteiger partial charge is 0.484 e. The van der Waals surface area contributed by atoms with Gasteiger partial charge in [0.1, 0.15) is 12.3 Å². The van der Waals surface area contributed by atoms with Crippen LogP contribution >= 0.6 is 0 Å². The van der Waals surface area contributed by atoms with Gasteiger partial charge in [0.05, 0.1) is 5.56 Å². The number of aromatic carboxylic acids is 1. The monoisotopic (exact) mass is 277 g/mol. The Hall–Kier alpha value is -2.25. The van der Waals surface area contributed by atoms with Crippen LogP contribution in [0, 0.1) is 0 Å². The van der Waals surface area contributed by atoms with E-state index in [9.17, 15) is 22.8 Å². The molecule has 0 aliphatic rings. The number of alkyl halides is 3. The van der Waals surface area contributed by atoms with E-state index in [2.05, 4.69) is 0 Å². The number of nitrogens with one attached hydrogen (secondary N) is 1. The van der Waals surface area contributed by atoms with Gasteiger partial charge in [0, 0.05) is 0 Å². The molecule has 2 N–H and O–H groups in total. The minimum atomic E-state index is -4.47. The Morgan fingerprint density at radius 2 is 1.79 bits per heavy atom. The first-order chi connectivity index (χ1) is 8.78. The molecule has 104 valence electrons. The predicted molar refractivity (Wildman–Crippen MR) is 58.0 cm³/mol. The van der Waals surface area contributed by atoms with Crippen LogP contribution in [0.2, 0.25) is 0 Å². The number of carboxylic acid groups (broad SMARTS) is 1. The summed E-state index contributed by atoms with van der Waals surface area (Å²) in [6, 6.07) is 5.12. The fourth-order valence-electron chi connectivity index (χ4n) is 1.09. The van der Waals surface area contributed by atoms with E-state index in [0.29, 0.717) is 0 Å². The molecule has 0 saturated carbocycles. The van der Waals surface area contributed by atoms with E-state index in [1.165, 1.54) is 24.3 Å². The molecule has 1 aromatic carbocycles. The quantitative estimate of drug-likeness (QED) is 0.854. The maximum atomic E-state index is 11.8. The normalized spacial score (nSPS) is 10.9. The molecule has 5 nitrogen and oxygen atoms in total. The van der Waals surface area contributed by atoms with E-state index in [4.69, 9.17) is 9.84 Å². The molecule has 0 unspecified atom stereocenters. The molecule has 0 atom stereocenters. The van der Waals surface area contributed by atoms with Gasteiger partial charge in [-0.2, -0.15) is 13.2 Å². The molecule has 0 aromatic heterocycles. The summed E-state index contributed by atoms with van der Waals surface area (Å²) < 4.78 is 40.3. The van der Waals surface area contributed by atoms with Crippen molar-refractivity contribution in [2.75, 3.05) is 13.2 Å². The summed E-state index contributed by atoms with van der Waals surface area (Å²) in [5.41, 5.74) is 0.0360. The van der Waals surface area contributed by atoms with Crippen molar-refractivity contribution in [1.82, 2.24) is 5.32 Å². The maximum Gasteiger partial charge on any atom is 0.405 e. The topological polar surface area (TPSA) is 75.6 Å². The molecule has 0 saturated heterocycles. The van der Waals surface area contributed by atoms with Gasteiger partial charge in [-0.05, 0) is 24.3 Å². The van der Waals surface area contributed by atoms with Crippen LogP contribution in [0.1, 0.15) is 10.4 Å². The first kappa shape index (κ1) is 14.8. The number of hydrogen-bond acceptors (Lipinski definition) is 3. The zero-order valence-electron chi connectivity index (χ0n) is 9.53. The molecule has 0 bridgehead atoms. The highest BCUT2D eigenvalue weighted by Gasteiger charge is 2.27. The van der Waals surface area contributed by atoms with E-state index in [0.717, 1.165) is 0 Å². The Labute approximate surface area is 106 Å². The zero-order valence-corrected chi connectivity index (χ0v) is 9.53. The molecule has 0 aliphatic carbocycles. The first-order valence-electron chi connectivity index (χ1n) is 5.07. The van der Waals surface area contributed by atoms with E-state index in [-0.39, 0.29) is 11.3 Å². The highest BCUT2D eigenvalue weighted by molar-refractivity contribution is 5.87. The van der Waals surface area contributed by atoms with E-state index < -0.39 is 31.2 Å². The molecule has 1 amide bonds. The summed E-state index contributed by atoms with van der Waals surface area (Å²) in [5, 5.41) is 10.3. The Kier molecular flexibility index (Phi) is 4.74. The molecule has 0 spiro atoms. The number of amides is 1. The van der Waals surface area contributed by atoms with Crippen LogP contribution in [0.4, 0.5) is 13.2 Å². The fourth-order valence-corrected chi connectivity index (χ4v) is 1.09. The molecule has 0 fully saturated rings. The molecule has 1 aromatic rings. The third-order valence-corrected chi connectivity index (χ3v) is 1.96. The van der Waals surface area contributed by atoms with E-state index in [1.807, 2.05) is 0 Å². The van der Waals surface area contributed by atoms with Gasteiger partial charge in [-0.25, -0.2) is 4.79 Å². The third kappa shape index (κ3) is 5.75. The van der Waals surface area contributed by atoms with Gasteiger partial charge in [0.25, 0.3) is 5.91 Å². The van der Waals surface area contributed by atoms with Crippen LogP contribution in [0.3, 0.4) is 0 Å². The first-order valence-corrected chi connectivity index (χ1v) is 5.07. The highest BCUT2D eigenvalue weighted by Crippen LogP contribution is 2.13. The van der Waals surface area contributed by atoms with Crippen molar-refractivity contribution < 1.29 is 32.6 Å². The lowest BCUT2D eigenvalue weighted by atomic mass is 10.2. The van der Waals surface area contributed by atoms with Crippen LogP contribution in [-0.2, 0) is 4.79 Å². The van der Waals surface area contributed by atoms with Gasteiger partial charge in [0.15, 0.2) is 6.61 Å². The predicted octanol–water partition coefficient (Wildman–Crippen LogP) is 1.44. The van der Waals surface area contributed by atoms with Crippen LogP contribution in [0.15, 0.2) is 24.3 Å². The minimum Gasteiger partial charge on any atom is -0.484 e. The van der Waals surface area contributed by atoms with Crippen molar-refractivity contribution >= 4 is 11.9 Å². The maximum absolute atomic E-state index is 11.8. The van der Waals surface area contributed by atoms with E-state index >= 15 is 0 Å². The number of carbonyl (C=O) groups is 2. The molecule has 0 heterocycles. The van der Waals surface area contributed by atoms with Crippen LogP contribution in [0.5, 0.6) is 5.75 Å². The number of rotatable bonds is 5. The molecule has 1 rings (SSSR count). The lowest BCUT2D eigenvalue weighted by Crippen LogP contribution is -2.36. The van der Waals surface area contributed by atoms with Crippen molar-refractivity contribution in [2.24, 2.45) is 0 Å². The average molecular weight is 277 g/mol. The van der Waals surface area contributed by atoms with Crippen LogP contribution in [-0.4, -0.2) is 36.3 Å². The third-order valence-electron chi connectivity index (χ3n) is 1.96. The number of ether oxygens (including phenoxy) is 1. The number of hydrogen-bond donors (Lipinski definition) is 2. The van der Waals surface area contributed by atoms with Crippen molar-refractivity contribution in [1.29, 1.82) is 0 Å². The summed E-state index contributed by atoms with van der Waals surface area (Å²) in [7, 11) is 0. The summed E-state index contributed by atoms with van der Waals surface area (Å²) in [4.78, 5) is 21.6. The average Bonchev–Trinajstić information content (AvgIpc) is 2.33. The van der Waals surface area contributed by atoms with E-state index in [1.54, 1.807) is 5.32 Å². The second-order valence-corrected chi connectivity index (χ2v) is 3.51. The van der Waals surface area contributed by atoms with Crippen molar-refractivity contribution in [3.8, 4) is 5.75 Å². The van der Waals surface area contributed by atoms with Crippen LogP contribution < -0.4 is 10.1 Å². The summed E-state index contributed by atoms with van der Waals surface area (Å²) >= 11 is 0. The van der Waals surface area contributed by atoms with Gasteiger partial charge in [0.2, 0.25) is 0 Å². The molecule has 0 aliphatic heterocycles. The minimum absolute atomic E-state index is 0.0360. The Bertz CT molecular complexity index is 456. The molecule has 8 heteroatoms. The lowest BCUT2D eigenvalue weighted by molar-refractivity contribution is -0.139. The molecule has 0 radical (unpaired) electrons. The number of halogens is 3. The van der Waals surface area contributed by atoms with Crippen LogP contribution in [0.25, 0.3) is 0 Å². The zero-order chi connectivity index (χ0) is 14.5. The lowest BCUT2D eigenvalue weighted by Gasteiger charge is -2.09. The Balaban J connectivity index is 2.40. The number of carbonyl (C=O) groups excluding carboxylic acids is 1. The van der Waals surface area contributed by atoms with Gasteiger partial charge in [-0.3, -0.25) is 4.79 Å². The molecular formula is C11H10F3NO4. The van der Waals surface area contributed by atoms with Crippen molar-refractivity contribution in [2.45, 2.75) is 6.18 Å². The van der Waals surface area contributed by atoms with Crippen molar-refractivity contribution in [3.63, 3.8) is 0 Å². The number of carboxylic acids is 1. The second-order valence-electron chi connectivity index (χ2n) is 3.51. The fraction of sp³-hybridized carbons (Fsp3) is 0.273. The van der Waals surface area contributed by atoms with Gasteiger partial charge >= 0.3 is 12.1 Å². The van der Waals surface area contributed by atoms with Gasteiger partial charge < -0.3 is 15.2 Å². The van der Waals surface area contributed by atoms with Gasteiger partial charge in [-0.15, -0.1) is 0 Å². The molecule has 19 heavy (non-hydrogen) atoms. The van der Waals surface area contributed by atoms with Crippen molar-refractivity contribution in [3.05, 3.63) is 29.8 Å². The second kappa shape index (κ2) is 6.07. The number of benzene rings is 1. The smallest absolute Gasteiger partial charge is 0.405 e. The van der Waals surface area contributed by atoms with Gasteiger partial charge in [-0.1, -0.05) is 0 Å². The Morgan fingerprint density at radius 3 is 2.26 bits per heavy atom. The molecular weight excluding hydrogens is 267 g/mol.